The van der Waals surface area contributed by atoms with Crippen molar-refractivity contribution in [2.75, 3.05) is 6.61 Å². The van der Waals surface area contributed by atoms with E-state index in [1.54, 1.807) is 30.3 Å². The minimum atomic E-state index is -0.685. The van der Waals surface area contributed by atoms with Crippen molar-refractivity contribution < 1.29 is 23.9 Å². The number of rotatable bonds is 4. The maximum atomic E-state index is 12.0. The molecule has 21 heavy (non-hydrogen) atoms. The Hall–Kier alpha value is -2.63. The van der Waals surface area contributed by atoms with Gasteiger partial charge in [-0.1, -0.05) is 18.2 Å². The van der Waals surface area contributed by atoms with E-state index in [0.29, 0.717) is 5.56 Å². The predicted molar refractivity (Wildman–Crippen MR) is 73.3 cm³/mol. The van der Waals surface area contributed by atoms with Gasteiger partial charge in [0.2, 0.25) is 5.91 Å². The fourth-order valence-electron chi connectivity index (χ4n) is 1.86. The van der Waals surface area contributed by atoms with Crippen LogP contribution < -0.4 is 5.32 Å². The predicted octanol–water partition coefficient (Wildman–Crippen LogP) is 0.830. The number of esters is 2. The van der Waals surface area contributed by atoms with Crippen LogP contribution in [0.1, 0.15) is 17.3 Å². The molecule has 0 radical (unpaired) electrons. The van der Waals surface area contributed by atoms with E-state index >= 15 is 0 Å². The van der Waals surface area contributed by atoms with E-state index in [1.807, 2.05) is 0 Å². The van der Waals surface area contributed by atoms with Crippen molar-refractivity contribution in [3.05, 3.63) is 48.0 Å². The molecule has 110 valence electrons. The number of hydrogen-bond donors (Lipinski definition) is 1. The third kappa shape index (κ3) is 4.17. The van der Waals surface area contributed by atoms with Crippen LogP contribution in [-0.2, 0) is 19.1 Å². The second kappa shape index (κ2) is 6.69. The summed E-state index contributed by atoms with van der Waals surface area (Å²) >= 11 is 0. The molecule has 0 aliphatic carbocycles. The summed E-state index contributed by atoms with van der Waals surface area (Å²) < 4.78 is 10.2. The van der Waals surface area contributed by atoms with E-state index in [2.05, 4.69) is 5.32 Å². The summed E-state index contributed by atoms with van der Waals surface area (Å²) in [7, 11) is 0. The second-order valence-electron chi connectivity index (χ2n) is 4.51. The molecule has 0 saturated heterocycles. The van der Waals surface area contributed by atoms with Gasteiger partial charge in [0.25, 0.3) is 0 Å². The van der Waals surface area contributed by atoms with Gasteiger partial charge in [0, 0.05) is 13.0 Å². The van der Waals surface area contributed by atoms with E-state index in [4.69, 9.17) is 9.47 Å². The molecule has 1 amide bonds. The molecule has 2 rings (SSSR count). The van der Waals surface area contributed by atoms with Gasteiger partial charge in [-0.15, -0.1) is 0 Å². The highest BCUT2D eigenvalue weighted by Gasteiger charge is 2.29. The van der Waals surface area contributed by atoms with Gasteiger partial charge < -0.3 is 14.8 Å². The zero-order chi connectivity index (χ0) is 15.2. The lowest BCUT2D eigenvalue weighted by Crippen LogP contribution is -2.49. The van der Waals surface area contributed by atoms with E-state index < -0.39 is 24.1 Å². The topological polar surface area (TPSA) is 81.7 Å². The van der Waals surface area contributed by atoms with Crippen LogP contribution in [0, 0.1) is 0 Å². The van der Waals surface area contributed by atoms with E-state index in [0.717, 1.165) is 0 Å². The van der Waals surface area contributed by atoms with Gasteiger partial charge in [-0.3, -0.25) is 9.59 Å². The van der Waals surface area contributed by atoms with Gasteiger partial charge in [-0.05, 0) is 18.2 Å². The van der Waals surface area contributed by atoms with Crippen molar-refractivity contribution >= 4 is 17.8 Å². The standard InChI is InChI=1S/C15H15NO5/c1-10(17)20-9-12-13(7-8-14(18)16-12)21-15(19)11-5-3-2-4-6-11/h2-8,12-13H,9H2,1H3,(H,16,18). The van der Waals surface area contributed by atoms with E-state index in [1.165, 1.54) is 19.1 Å². The zero-order valence-electron chi connectivity index (χ0n) is 11.4. The summed E-state index contributed by atoms with van der Waals surface area (Å²) in [5.74, 6) is -1.29. The Morgan fingerprint density at radius 2 is 1.95 bits per heavy atom. The molecule has 1 N–H and O–H groups in total. The van der Waals surface area contributed by atoms with Gasteiger partial charge in [0.05, 0.1) is 5.56 Å². The van der Waals surface area contributed by atoms with Crippen LogP contribution in [0.4, 0.5) is 0 Å². The summed E-state index contributed by atoms with van der Waals surface area (Å²) in [5.41, 5.74) is 0.411. The fraction of sp³-hybridized carbons (Fsp3) is 0.267. The molecule has 1 aromatic carbocycles. The lowest BCUT2D eigenvalue weighted by Gasteiger charge is -2.27. The first-order chi connectivity index (χ1) is 10.1. The van der Waals surface area contributed by atoms with Gasteiger partial charge in [-0.25, -0.2) is 4.79 Å². The number of ether oxygens (including phenoxy) is 2. The SMILES string of the molecule is CC(=O)OCC1NC(=O)C=CC1OC(=O)c1ccccc1. The summed E-state index contributed by atoms with van der Waals surface area (Å²) in [6.07, 6.45) is 2.08. The van der Waals surface area contributed by atoms with Crippen molar-refractivity contribution in [3.63, 3.8) is 0 Å². The van der Waals surface area contributed by atoms with Gasteiger partial charge in [-0.2, -0.15) is 0 Å². The third-order valence-corrected chi connectivity index (χ3v) is 2.88. The summed E-state index contributed by atoms with van der Waals surface area (Å²) in [5, 5.41) is 2.60. The van der Waals surface area contributed by atoms with Crippen molar-refractivity contribution in [2.24, 2.45) is 0 Å². The molecule has 0 bridgehead atoms. The Labute approximate surface area is 121 Å². The highest BCUT2D eigenvalue weighted by atomic mass is 16.6. The lowest BCUT2D eigenvalue weighted by atomic mass is 10.1. The van der Waals surface area contributed by atoms with Crippen LogP contribution in [0.3, 0.4) is 0 Å². The average Bonchev–Trinajstić information content (AvgIpc) is 2.48. The van der Waals surface area contributed by atoms with Crippen LogP contribution >= 0.6 is 0 Å². The Morgan fingerprint density at radius 3 is 2.62 bits per heavy atom. The molecule has 1 aromatic rings. The molecule has 2 unspecified atom stereocenters. The van der Waals surface area contributed by atoms with Gasteiger partial charge >= 0.3 is 11.9 Å². The van der Waals surface area contributed by atoms with Gasteiger partial charge in [0.1, 0.15) is 18.8 Å². The van der Waals surface area contributed by atoms with E-state index in [-0.39, 0.29) is 12.5 Å². The van der Waals surface area contributed by atoms with Crippen LogP contribution in [0.5, 0.6) is 0 Å². The van der Waals surface area contributed by atoms with Crippen LogP contribution in [-0.4, -0.2) is 36.6 Å². The summed E-state index contributed by atoms with van der Waals surface area (Å²) in [6, 6.07) is 7.92. The maximum absolute atomic E-state index is 12.0. The molecule has 2 atom stereocenters. The largest absolute Gasteiger partial charge is 0.464 e. The Bertz CT molecular complexity index is 567. The molecule has 0 aromatic heterocycles. The van der Waals surface area contributed by atoms with Crippen molar-refractivity contribution in [2.45, 2.75) is 19.1 Å². The normalized spacial score (nSPS) is 20.5. The van der Waals surface area contributed by atoms with Crippen molar-refractivity contribution in [3.8, 4) is 0 Å². The van der Waals surface area contributed by atoms with Gasteiger partial charge in [0.15, 0.2) is 0 Å². The number of hydrogen-bond acceptors (Lipinski definition) is 5. The molecule has 1 heterocycles. The molecule has 6 nitrogen and oxygen atoms in total. The average molecular weight is 289 g/mol. The van der Waals surface area contributed by atoms with Crippen LogP contribution in [0.25, 0.3) is 0 Å². The Kier molecular flexibility index (Phi) is 4.71. The van der Waals surface area contributed by atoms with Crippen LogP contribution in [0.2, 0.25) is 0 Å². The Balaban J connectivity index is 2.04. The number of amides is 1. The molecule has 1 aliphatic heterocycles. The summed E-state index contributed by atoms with van der Waals surface area (Å²) in [4.78, 5) is 34.2. The summed E-state index contributed by atoms with van der Waals surface area (Å²) in [6.45, 7) is 1.21. The molecule has 0 spiro atoms. The lowest BCUT2D eigenvalue weighted by molar-refractivity contribution is -0.143. The fourth-order valence-corrected chi connectivity index (χ4v) is 1.86. The van der Waals surface area contributed by atoms with Crippen molar-refractivity contribution in [1.82, 2.24) is 5.32 Å². The first-order valence-corrected chi connectivity index (χ1v) is 6.44. The third-order valence-electron chi connectivity index (χ3n) is 2.88. The smallest absolute Gasteiger partial charge is 0.338 e. The number of nitrogens with one attached hydrogen (secondary N) is 1. The number of benzene rings is 1. The molecule has 0 saturated carbocycles. The Morgan fingerprint density at radius 1 is 1.24 bits per heavy atom. The quantitative estimate of drug-likeness (QED) is 0.830. The minimum absolute atomic E-state index is 0.0574. The molecular weight excluding hydrogens is 274 g/mol. The number of carbonyl (C=O) groups excluding carboxylic acids is 3. The monoisotopic (exact) mass is 289 g/mol. The highest BCUT2D eigenvalue weighted by molar-refractivity contribution is 5.91. The zero-order valence-corrected chi connectivity index (χ0v) is 11.4. The molecule has 6 heteroatoms. The van der Waals surface area contributed by atoms with Crippen molar-refractivity contribution in [1.29, 1.82) is 0 Å². The second-order valence-corrected chi connectivity index (χ2v) is 4.51. The molecule has 1 aliphatic rings. The number of carbonyl (C=O) groups is 3. The maximum Gasteiger partial charge on any atom is 0.338 e. The molecular formula is C15H15NO5. The molecule has 0 fully saturated rings. The first kappa shape index (κ1) is 14.8. The highest BCUT2D eigenvalue weighted by Crippen LogP contribution is 2.11. The minimum Gasteiger partial charge on any atom is -0.464 e. The van der Waals surface area contributed by atoms with Crippen LogP contribution in [0.15, 0.2) is 42.5 Å². The van der Waals surface area contributed by atoms with E-state index in [9.17, 15) is 14.4 Å². The first-order valence-electron chi connectivity index (χ1n) is 6.44.